The summed E-state index contributed by atoms with van der Waals surface area (Å²) in [6.45, 7) is 1.86. The topological polar surface area (TPSA) is 42.2 Å². The number of rotatable bonds is 3. The molecule has 15 heavy (non-hydrogen) atoms. The first kappa shape index (κ1) is 11.4. The molecule has 1 aromatic rings. The Morgan fingerprint density at radius 3 is 3.27 bits per heavy atom. The van der Waals surface area contributed by atoms with Crippen molar-refractivity contribution in [1.29, 1.82) is 0 Å². The molecule has 0 saturated carbocycles. The summed E-state index contributed by atoms with van der Waals surface area (Å²) < 4.78 is 0. The molecule has 0 aliphatic carbocycles. The predicted octanol–water partition coefficient (Wildman–Crippen LogP) is 1.36. The van der Waals surface area contributed by atoms with Crippen molar-refractivity contribution >= 4 is 23.1 Å². The van der Waals surface area contributed by atoms with Crippen LogP contribution in [0.4, 0.5) is 0 Å². The molecule has 1 aliphatic heterocycles. The average molecular weight is 243 g/mol. The third-order valence-electron chi connectivity index (χ3n) is 2.65. The molecular formula is C10H17N3S2. The van der Waals surface area contributed by atoms with Crippen molar-refractivity contribution in [3.05, 3.63) is 16.1 Å². The van der Waals surface area contributed by atoms with Crippen LogP contribution in [-0.4, -0.2) is 41.5 Å². The molecule has 1 fully saturated rings. The first-order chi connectivity index (χ1) is 7.31. The van der Waals surface area contributed by atoms with Gasteiger partial charge in [0.2, 0.25) is 0 Å². The van der Waals surface area contributed by atoms with Crippen molar-refractivity contribution in [2.45, 2.75) is 12.5 Å². The summed E-state index contributed by atoms with van der Waals surface area (Å²) >= 11 is 3.80. The summed E-state index contributed by atoms with van der Waals surface area (Å²) in [5, 5.41) is 3.41. The van der Waals surface area contributed by atoms with Crippen LogP contribution in [0.5, 0.6) is 0 Å². The largest absolute Gasteiger partial charge is 0.330 e. The highest BCUT2D eigenvalue weighted by atomic mass is 32.2. The number of nitrogens with two attached hydrogens (primary N) is 1. The van der Waals surface area contributed by atoms with E-state index in [0.717, 1.165) is 12.1 Å². The highest BCUT2D eigenvalue weighted by molar-refractivity contribution is 7.99. The summed E-state index contributed by atoms with van der Waals surface area (Å²) in [7, 11) is 2.19. The molecule has 5 heteroatoms. The van der Waals surface area contributed by atoms with E-state index < -0.39 is 0 Å². The molecule has 84 valence electrons. The van der Waals surface area contributed by atoms with Crippen LogP contribution < -0.4 is 5.73 Å². The molecule has 0 aromatic carbocycles. The van der Waals surface area contributed by atoms with E-state index in [9.17, 15) is 0 Å². The van der Waals surface area contributed by atoms with E-state index in [-0.39, 0.29) is 0 Å². The second-order valence-electron chi connectivity index (χ2n) is 3.79. The van der Waals surface area contributed by atoms with Crippen LogP contribution in [0.1, 0.15) is 16.7 Å². The maximum atomic E-state index is 5.53. The van der Waals surface area contributed by atoms with Gasteiger partial charge in [-0.25, -0.2) is 4.98 Å². The van der Waals surface area contributed by atoms with Crippen LogP contribution in [0.2, 0.25) is 0 Å². The lowest BCUT2D eigenvalue weighted by atomic mass is 10.3. The molecule has 1 unspecified atom stereocenters. The quantitative estimate of drug-likeness (QED) is 0.870. The van der Waals surface area contributed by atoms with Crippen LogP contribution in [0.3, 0.4) is 0 Å². The molecule has 1 aliphatic rings. The Morgan fingerprint density at radius 1 is 1.67 bits per heavy atom. The molecule has 3 nitrogen and oxygen atoms in total. The fraction of sp³-hybridized carbons (Fsp3) is 0.700. The molecule has 0 spiro atoms. The van der Waals surface area contributed by atoms with Crippen molar-refractivity contribution < 1.29 is 0 Å². The van der Waals surface area contributed by atoms with Gasteiger partial charge in [-0.1, -0.05) is 0 Å². The monoisotopic (exact) mass is 243 g/mol. The van der Waals surface area contributed by atoms with E-state index in [2.05, 4.69) is 22.3 Å². The average Bonchev–Trinajstić information content (AvgIpc) is 2.68. The first-order valence-corrected chi connectivity index (χ1v) is 7.27. The van der Waals surface area contributed by atoms with Crippen molar-refractivity contribution in [2.24, 2.45) is 5.73 Å². The number of hydrogen-bond donors (Lipinski definition) is 1. The SMILES string of the molecule is CN1CCSCC1c1nc(CCN)cs1. The number of nitrogens with zero attached hydrogens (tertiary/aromatic N) is 2. The Kier molecular flexibility index (Phi) is 4.02. The van der Waals surface area contributed by atoms with Crippen LogP contribution in [-0.2, 0) is 6.42 Å². The zero-order valence-corrected chi connectivity index (χ0v) is 10.6. The van der Waals surface area contributed by atoms with Crippen molar-refractivity contribution in [1.82, 2.24) is 9.88 Å². The Labute approximate surface area is 99.1 Å². The second-order valence-corrected chi connectivity index (χ2v) is 5.83. The van der Waals surface area contributed by atoms with E-state index in [0.29, 0.717) is 12.6 Å². The van der Waals surface area contributed by atoms with E-state index in [1.807, 2.05) is 11.8 Å². The van der Waals surface area contributed by atoms with Gasteiger partial charge in [0, 0.05) is 29.9 Å². The lowest BCUT2D eigenvalue weighted by molar-refractivity contribution is 0.274. The third kappa shape index (κ3) is 2.72. The van der Waals surface area contributed by atoms with Crippen LogP contribution in [0.25, 0.3) is 0 Å². The van der Waals surface area contributed by atoms with Crippen LogP contribution >= 0.6 is 23.1 Å². The lowest BCUT2D eigenvalue weighted by Gasteiger charge is -2.30. The lowest BCUT2D eigenvalue weighted by Crippen LogP contribution is -2.32. The van der Waals surface area contributed by atoms with Gasteiger partial charge in [0.05, 0.1) is 11.7 Å². The van der Waals surface area contributed by atoms with Gasteiger partial charge < -0.3 is 5.73 Å². The molecule has 1 atom stereocenters. The van der Waals surface area contributed by atoms with Gasteiger partial charge in [-0.3, -0.25) is 4.90 Å². The maximum Gasteiger partial charge on any atom is 0.111 e. The van der Waals surface area contributed by atoms with Crippen molar-refractivity contribution in [2.75, 3.05) is 31.6 Å². The summed E-state index contributed by atoms with van der Waals surface area (Å²) in [6.07, 6.45) is 0.903. The molecule has 2 N–H and O–H groups in total. The molecule has 0 bridgehead atoms. The Hall–Kier alpha value is -0.100. The van der Waals surface area contributed by atoms with Gasteiger partial charge in [-0.05, 0) is 13.6 Å². The smallest absolute Gasteiger partial charge is 0.111 e. The molecule has 0 radical (unpaired) electrons. The predicted molar refractivity (Wildman–Crippen MR) is 67.6 cm³/mol. The summed E-state index contributed by atoms with van der Waals surface area (Å²) in [5.74, 6) is 2.42. The Morgan fingerprint density at radius 2 is 2.53 bits per heavy atom. The number of thiazole rings is 1. The van der Waals surface area contributed by atoms with E-state index >= 15 is 0 Å². The minimum absolute atomic E-state index is 0.514. The molecule has 2 heterocycles. The van der Waals surface area contributed by atoms with Crippen LogP contribution in [0, 0.1) is 0 Å². The number of thioether (sulfide) groups is 1. The Balaban J connectivity index is 2.06. The molecule has 1 saturated heterocycles. The van der Waals surface area contributed by atoms with Gasteiger partial charge in [-0.15, -0.1) is 11.3 Å². The second kappa shape index (κ2) is 5.30. The maximum absolute atomic E-state index is 5.53. The summed E-state index contributed by atoms with van der Waals surface area (Å²) in [6, 6.07) is 0.514. The molecule has 0 amide bonds. The third-order valence-corrected chi connectivity index (χ3v) is 4.67. The standard InChI is InChI=1S/C10H17N3S2/c1-13-4-5-14-7-9(13)10-12-8(2-3-11)6-15-10/h6,9H,2-5,7,11H2,1H3. The fourth-order valence-corrected chi connectivity index (χ4v) is 4.03. The minimum Gasteiger partial charge on any atom is -0.330 e. The summed E-state index contributed by atoms with van der Waals surface area (Å²) in [5.41, 5.74) is 6.68. The molecule has 1 aromatic heterocycles. The van der Waals surface area contributed by atoms with Crippen molar-refractivity contribution in [3.8, 4) is 0 Å². The Bertz CT molecular complexity index is 313. The van der Waals surface area contributed by atoms with Gasteiger partial charge in [0.1, 0.15) is 5.01 Å². The fourth-order valence-electron chi connectivity index (χ4n) is 1.68. The molecule has 2 rings (SSSR count). The zero-order valence-electron chi connectivity index (χ0n) is 8.98. The molecular weight excluding hydrogens is 226 g/mol. The highest BCUT2D eigenvalue weighted by Crippen LogP contribution is 2.30. The van der Waals surface area contributed by atoms with E-state index in [4.69, 9.17) is 5.73 Å². The highest BCUT2D eigenvalue weighted by Gasteiger charge is 2.23. The number of hydrogen-bond acceptors (Lipinski definition) is 5. The van der Waals surface area contributed by atoms with Crippen molar-refractivity contribution in [3.63, 3.8) is 0 Å². The normalized spacial score (nSPS) is 23.2. The van der Waals surface area contributed by atoms with Gasteiger partial charge in [0.25, 0.3) is 0 Å². The minimum atomic E-state index is 0.514. The van der Waals surface area contributed by atoms with Gasteiger partial charge in [0.15, 0.2) is 0 Å². The van der Waals surface area contributed by atoms with Gasteiger partial charge in [-0.2, -0.15) is 11.8 Å². The van der Waals surface area contributed by atoms with E-state index in [1.54, 1.807) is 11.3 Å². The first-order valence-electron chi connectivity index (χ1n) is 5.23. The number of aromatic nitrogens is 1. The van der Waals surface area contributed by atoms with Gasteiger partial charge >= 0.3 is 0 Å². The van der Waals surface area contributed by atoms with Crippen LogP contribution in [0.15, 0.2) is 5.38 Å². The zero-order chi connectivity index (χ0) is 10.7. The summed E-state index contributed by atoms with van der Waals surface area (Å²) in [4.78, 5) is 7.06. The van der Waals surface area contributed by atoms with E-state index in [1.165, 1.54) is 23.1 Å².